The van der Waals surface area contributed by atoms with Gasteiger partial charge in [-0.05, 0) is 59.5 Å². The Labute approximate surface area is 178 Å². The normalized spacial score (nSPS) is 15.3. The standard InChI is InChI=1S/C22H19ClN4OS/c23-19-4-3-17(25-22(28)27-6-1-2-7-27)11-18(19)20-10-15-9-16(12-24-21(15)26-20)14-5-8-29-13-14/h3-5,8-9,11-13H,1-2,6-7,10H2,(H,25,28). The van der Waals surface area contributed by atoms with Gasteiger partial charge < -0.3 is 10.2 Å². The van der Waals surface area contributed by atoms with Crippen LogP contribution in [0.2, 0.25) is 5.02 Å². The third-order valence-electron chi connectivity index (χ3n) is 5.32. The van der Waals surface area contributed by atoms with E-state index < -0.39 is 0 Å². The number of thiophene rings is 1. The third-order valence-corrected chi connectivity index (χ3v) is 6.33. The van der Waals surface area contributed by atoms with E-state index in [4.69, 9.17) is 16.6 Å². The number of aliphatic imine (C=N–C) groups is 1. The molecule has 0 aliphatic carbocycles. The Balaban J connectivity index is 1.38. The Bertz CT molecular complexity index is 1100. The molecule has 0 radical (unpaired) electrons. The van der Waals surface area contributed by atoms with Crippen molar-refractivity contribution >= 4 is 46.2 Å². The van der Waals surface area contributed by atoms with Gasteiger partial charge >= 0.3 is 6.03 Å². The number of hydrogen-bond acceptors (Lipinski definition) is 4. The molecule has 1 N–H and O–H groups in total. The van der Waals surface area contributed by atoms with E-state index in [1.165, 1.54) is 5.56 Å². The van der Waals surface area contributed by atoms with E-state index in [0.29, 0.717) is 11.4 Å². The van der Waals surface area contributed by atoms with Gasteiger partial charge in [-0.3, -0.25) is 0 Å². The lowest BCUT2D eigenvalue weighted by atomic mass is 10.0. The number of likely N-dealkylation sites (tertiary alicyclic amines) is 1. The number of nitrogens with one attached hydrogen (secondary N) is 1. The zero-order chi connectivity index (χ0) is 19.8. The maximum Gasteiger partial charge on any atom is 0.321 e. The molecule has 0 unspecified atom stereocenters. The number of nitrogens with zero attached hydrogens (tertiary/aromatic N) is 3. The first kappa shape index (κ1) is 18.3. The molecule has 0 bridgehead atoms. The number of urea groups is 1. The van der Waals surface area contributed by atoms with Crippen molar-refractivity contribution in [1.29, 1.82) is 0 Å². The van der Waals surface area contributed by atoms with E-state index in [-0.39, 0.29) is 6.03 Å². The van der Waals surface area contributed by atoms with Gasteiger partial charge in [0.05, 0.1) is 5.71 Å². The zero-order valence-corrected chi connectivity index (χ0v) is 17.3. The van der Waals surface area contributed by atoms with Crippen molar-refractivity contribution in [2.45, 2.75) is 19.3 Å². The minimum absolute atomic E-state index is 0.0607. The Morgan fingerprint density at radius 1 is 1.14 bits per heavy atom. The molecule has 1 aromatic carbocycles. The van der Waals surface area contributed by atoms with Crippen LogP contribution in [0.15, 0.2) is 52.3 Å². The van der Waals surface area contributed by atoms with Crippen LogP contribution in [0.1, 0.15) is 24.0 Å². The number of carbonyl (C=O) groups excluding carboxylic acids is 1. The van der Waals surface area contributed by atoms with E-state index >= 15 is 0 Å². The average Bonchev–Trinajstić information content (AvgIpc) is 3.49. The van der Waals surface area contributed by atoms with Crippen LogP contribution in [0.4, 0.5) is 16.3 Å². The van der Waals surface area contributed by atoms with Crippen molar-refractivity contribution in [3.63, 3.8) is 0 Å². The van der Waals surface area contributed by atoms with Gasteiger partial charge in [-0.1, -0.05) is 11.6 Å². The highest BCUT2D eigenvalue weighted by Crippen LogP contribution is 2.33. The van der Waals surface area contributed by atoms with Crippen LogP contribution in [0.5, 0.6) is 0 Å². The summed E-state index contributed by atoms with van der Waals surface area (Å²) in [7, 11) is 0. The van der Waals surface area contributed by atoms with Crippen molar-refractivity contribution in [2.75, 3.05) is 18.4 Å². The molecule has 5 nitrogen and oxygen atoms in total. The summed E-state index contributed by atoms with van der Waals surface area (Å²) >= 11 is 8.14. The number of carbonyl (C=O) groups is 1. The lowest BCUT2D eigenvalue weighted by Gasteiger charge is -2.17. The number of benzene rings is 1. The molecule has 1 saturated heterocycles. The van der Waals surface area contributed by atoms with Gasteiger partial charge in [0.2, 0.25) is 0 Å². The predicted octanol–water partition coefficient (Wildman–Crippen LogP) is 5.77. The summed E-state index contributed by atoms with van der Waals surface area (Å²) in [5.74, 6) is 0.738. The van der Waals surface area contributed by atoms with Crippen LogP contribution in [-0.4, -0.2) is 34.7 Å². The number of rotatable bonds is 3. The predicted molar refractivity (Wildman–Crippen MR) is 119 cm³/mol. The Morgan fingerprint density at radius 2 is 2.00 bits per heavy atom. The maximum absolute atomic E-state index is 12.4. The van der Waals surface area contributed by atoms with Crippen molar-refractivity contribution in [3.05, 3.63) is 63.4 Å². The molecule has 1 fully saturated rings. The summed E-state index contributed by atoms with van der Waals surface area (Å²) in [6, 6.07) is 9.72. The van der Waals surface area contributed by atoms with Crippen molar-refractivity contribution in [2.24, 2.45) is 4.99 Å². The lowest BCUT2D eigenvalue weighted by Crippen LogP contribution is -2.32. The fourth-order valence-corrected chi connectivity index (χ4v) is 4.66. The van der Waals surface area contributed by atoms with Gasteiger partial charge in [0, 0.05) is 53.1 Å². The molecule has 2 aliphatic rings. The largest absolute Gasteiger partial charge is 0.325 e. The van der Waals surface area contributed by atoms with E-state index in [0.717, 1.165) is 59.8 Å². The van der Waals surface area contributed by atoms with Crippen molar-refractivity contribution in [3.8, 4) is 11.1 Å². The second-order valence-corrected chi connectivity index (χ2v) is 8.46. The third kappa shape index (κ3) is 3.66. The summed E-state index contributed by atoms with van der Waals surface area (Å²) in [6.07, 6.45) is 4.66. The Morgan fingerprint density at radius 3 is 2.79 bits per heavy atom. The van der Waals surface area contributed by atoms with Crippen LogP contribution in [0, 0.1) is 0 Å². The molecular formula is C22H19ClN4OS. The topological polar surface area (TPSA) is 57.6 Å². The first-order valence-corrected chi connectivity index (χ1v) is 10.9. The molecule has 29 heavy (non-hydrogen) atoms. The first-order valence-electron chi connectivity index (χ1n) is 9.62. The van der Waals surface area contributed by atoms with Crippen LogP contribution in [0.25, 0.3) is 11.1 Å². The summed E-state index contributed by atoms with van der Waals surface area (Å²) in [5, 5.41) is 7.78. The molecule has 3 aromatic rings. The van der Waals surface area contributed by atoms with E-state index in [2.05, 4.69) is 33.2 Å². The number of fused-ring (bicyclic) bond motifs is 1. The number of amides is 2. The second kappa shape index (κ2) is 7.61. The molecule has 2 aliphatic heterocycles. The van der Waals surface area contributed by atoms with Crippen LogP contribution >= 0.6 is 22.9 Å². The fourth-order valence-electron chi connectivity index (χ4n) is 3.77. The zero-order valence-electron chi connectivity index (χ0n) is 15.7. The maximum atomic E-state index is 12.4. The number of aromatic nitrogens is 1. The summed E-state index contributed by atoms with van der Waals surface area (Å²) in [4.78, 5) is 23.5. The van der Waals surface area contributed by atoms with E-state index in [1.807, 2.05) is 29.3 Å². The quantitative estimate of drug-likeness (QED) is 0.582. The molecule has 4 heterocycles. The average molecular weight is 423 g/mol. The van der Waals surface area contributed by atoms with Gasteiger partial charge in [0.25, 0.3) is 0 Å². The summed E-state index contributed by atoms with van der Waals surface area (Å²) in [5.41, 5.74) is 5.79. The highest BCUT2D eigenvalue weighted by molar-refractivity contribution is 7.08. The number of halogens is 1. The van der Waals surface area contributed by atoms with E-state index in [9.17, 15) is 4.79 Å². The molecular weight excluding hydrogens is 404 g/mol. The highest BCUT2D eigenvalue weighted by Gasteiger charge is 2.22. The molecule has 7 heteroatoms. The van der Waals surface area contributed by atoms with Gasteiger partial charge in [0.1, 0.15) is 0 Å². The molecule has 0 spiro atoms. The minimum Gasteiger partial charge on any atom is -0.325 e. The molecule has 0 atom stereocenters. The first-order chi connectivity index (χ1) is 14.2. The monoisotopic (exact) mass is 422 g/mol. The molecule has 146 valence electrons. The summed E-state index contributed by atoms with van der Waals surface area (Å²) < 4.78 is 0. The summed E-state index contributed by atoms with van der Waals surface area (Å²) in [6.45, 7) is 1.62. The molecule has 5 rings (SSSR count). The van der Waals surface area contributed by atoms with Crippen molar-refractivity contribution < 1.29 is 4.79 Å². The van der Waals surface area contributed by atoms with Crippen molar-refractivity contribution in [1.82, 2.24) is 9.88 Å². The van der Waals surface area contributed by atoms with Gasteiger partial charge in [-0.2, -0.15) is 11.3 Å². The SMILES string of the molecule is O=C(Nc1ccc(Cl)c(C2=Nc3ncc(-c4ccsc4)cc3C2)c1)N1CCCC1. The second-order valence-electron chi connectivity index (χ2n) is 7.27. The van der Waals surface area contributed by atoms with Crippen LogP contribution in [-0.2, 0) is 6.42 Å². The molecule has 2 aromatic heterocycles. The lowest BCUT2D eigenvalue weighted by molar-refractivity contribution is 0.222. The molecule has 2 amide bonds. The van der Waals surface area contributed by atoms with Crippen LogP contribution in [0.3, 0.4) is 0 Å². The number of hydrogen-bond donors (Lipinski definition) is 1. The molecule has 0 saturated carbocycles. The number of pyridine rings is 1. The van der Waals surface area contributed by atoms with Gasteiger partial charge in [-0.25, -0.2) is 14.8 Å². The Hall–Kier alpha value is -2.70. The van der Waals surface area contributed by atoms with Gasteiger partial charge in [-0.15, -0.1) is 0 Å². The minimum atomic E-state index is -0.0607. The smallest absolute Gasteiger partial charge is 0.321 e. The number of anilines is 1. The van der Waals surface area contributed by atoms with Gasteiger partial charge in [0.15, 0.2) is 5.82 Å². The fraction of sp³-hybridized carbons (Fsp3) is 0.227. The van der Waals surface area contributed by atoms with Crippen LogP contribution < -0.4 is 5.32 Å². The highest BCUT2D eigenvalue weighted by atomic mass is 35.5. The van der Waals surface area contributed by atoms with E-state index in [1.54, 1.807) is 11.3 Å². The Kier molecular flexibility index (Phi) is 4.81.